The molecule has 32 heavy (non-hydrogen) atoms. The average Bonchev–Trinajstić information content (AvgIpc) is 3.49. The molecule has 0 bridgehead atoms. The molecule has 0 radical (unpaired) electrons. The van der Waals surface area contributed by atoms with Crippen LogP contribution < -0.4 is 26.6 Å². The van der Waals surface area contributed by atoms with Crippen LogP contribution in [0.2, 0.25) is 0 Å². The third-order valence-electron chi connectivity index (χ3n) is 7.06. The van der Waals surface area contributed by atoms with Crippen LogP contribution in [0.1, 0.15) is 30.9 Å². The predicted octanol–water partition coefficient (Wildman–Crippen LogP) is 2.46. The Labute approximate surface area is 181 Å². The summed E-state index contributed by atoms with van der Waals surface area (Å²) in [7, 11) is 1.26. The van der Waals surface area contributed by atoms with Gasteiger partial charge in [0, 0.05) is 43.0 Å². The van der Waals surface area contributed by atoms with Gasteiger partial charge in [0.05, 0.1) is 24.4 Å². The van der Waals surface area contributed by atoms with Crippen LogP contribution in [0.5, 0.6) is 5.75 Å². The number of anilines is 1. The van der Waals surface area contributed by atoms with E-state index in [1.165, 1.54) is 17.8 Å². The molecule has 5 rings (SSSR count). The second kappa shape index (κ2) is 7.13. The summed E-state index contributed by atoms with van der Waals surface area (Å²) in [5, 5.41) is -0.0192. The summed E-state index contributed by atoms with van der Waals surface area (Å²) >= 11 is 0. The Balaban J connectivity index is 1.71. The lowest BCUT2D eigenvalue weighted by molar-refractivity contribution is -0.0376. The highest BCUT2D eigenvalue weighted by Crippen LogP contribution is 2.45. The highest BCUT2D eigenvalue weighted by Gasteiger charge is 2.49. The molecule has 2 aromatic rings. The van der Waals surface area contributed by atoms with Crippen LogP contribution in [-0.4, -0.2) is 41.7 Å². The number of nitrogens with one attached hydrogen (secondary N) is 1. The number of nitrogens with two attached hydrogens (primary N) is 1. The highest BCUT2D eigenvalue weighted by atomic mass is 19.3. The van der Waals surface area contributed by atoms with Gasteiger partial charge in [0.1, 0.15) is 5.39 Å². The predicted molar refractivity (Wildman–Crippen MR) is 114 cm³/mol. The van der Waals surface area contributed by atoms with Crippen molar-refractivity contribution in [3.63, 3.8) is 0 Å². The molecule has 0 amide bonds. The molecule has 1 saturated heterocycles. The van der Waals surface area contributed by atoms with Crippen molar-refractivity contribution in [2.45, 2.75) is 44.2 Å². The van der Waals surface area contributed by atoms with Gasteiger partial charge in [-0.3, -0.25) is 14.3 Å². The van der Waals surface area contributed by atoms with Crippen LogP contribution in [0, 0.1) is 24.6 Å². The molecule has 3 aliphatic rings. The lowest BCUT2D eigenvalue weighted by atomic mass is 9.88. The zero-order valence-corrected chi connectivity index (χ0v) is 17.8. The molecule has 172 valence electrons. The Bertz CT molecular complexity index is 1250. The standard InChI is InChI=1S/C22H25F3N4O3/c1-10-16-14(20(30)27-21(31)29(16)12-5-6-12)18(32-2)15(23)17(10)28-8-11-4-3-7-22(24,25)19(26)13(11)9-28/h3-4,11-13,19H,5-9,26H2,1-2H3,(H,27,30,31). The summed E-state index contributed by atoms with van der Waals surface area (Å²) in [5.41, 5.74) is 5.57. The van der Waals surface area contributed by atoms with E-state index in [2.05, 4.69) is 4.98 Å². The molecular formula is C22H25F3N4O3. The number of aromatic nitrogens is 2. The second-order valence-corrected chi connectivity index (χ2v) is 9.06. The Morgan fingerprint density at radius 1 is 1.25 bits per heavy atom. The Morgan fingerprint density at radius 2 is 1.97 bits per heavy atom. The fourth-order valence-corrected chi connectivity index (χ4v) is 5.34. The number of rotatable bonds is 3. The molecule has 2 aliphatic carbocycles. The van der Waals surface area contributed by atoms with E-state index in [-0.39, 0.29) is 35.3 Å². The van der Waals surface area contributed by atoms with Crippen LogP contribution in [0.25, 0.3) is 10.9 Å². The number of aryl methyl sites for hydroxylation is 1. The van der Waals surface area contributed by atoms with Crippen molar-refractivity contribution >= 4 is 16.6 Å². The van der Waals surface area contributed by atoms with Crippen LogP contribution >= 0.6 is 0 Å². The van der Waals surface area contributed by atoms with Crippen LogP contribution in [-0.2, 0) is 0 Å². The number of H-pyrrole nitrogens is 1. The van der Waals surface area contributed by atoms with E-state index in [1.54, 1.807) is 17.9 Å². The average molecular weight is 450 g/mol. The zero-order chi connectivity index (χ0) is 22.9. The Kier molecular flexibility index (Phi) is 4.70. The quantitative estimate of drug-likeness (QED) is 0.701. The molecule has 1 aliphatic heterocycles. The summed E-state index contributed by atoms with van der Waals surface area (Å²) in [6.07, 6.45) is 4.33. The molecule has 1 aromatic carbocycles. The van der Waals surface area contributed by atoms with Gasteiger partial charge in [-0.1, -0.05) is 12.2 Å². The van der Waals surface area contributed by atoms with Gasteiger partial charge in [-0.05, 0) is 19.8 Å². The number of nitrogens with zero attached hydrogens (tertiary/aromatic N) is 2. The zero-order valence-electron chi connectivity index (χ0n) is 17.8. The molecule has 0 spiro atoms. The smallest absolute Gasteiger partial charge is 0.329 e. The number of hydrogen-bond donors (Lipinski definition) is 2. The Morgan fingerprint density at radius 3 is 2.62 bits per heavy atom. The van der Waals surface area contributed by atoms with Gasteiger partial charge in [0.15, 0.2) is 11.6 Å². The van der Waals surface area contributed by atoms with Gasteiger partial charge in [-0.25, -0.2) is 18.0 Å². The van der Waals surface area contributed by atoms with Gasteiger partial charge in [0.25, 0.3) is 11.5 Å². The van der Waals surface area contributed by atoms with Gasteiger partial charge < -0.3 is 15.4 Å². The maximum atomic E-state index is 15.7. The molecule has 3 N–H and O–H groups in total. The first kappa shape index (κ1) is 21.1. The normalized spacial score (nSPS) is 26.9. The first-order valence-electron chi connectivity index (χ1n) is 10.7. The minimum atomic E-state index is -3.04. The van der Waals surface area contributed by atoms with Crippen LogP contribution in [0.3, 0.4) is 0 Å². The number of fused-ring (bicyclic) bond motifs is 2. The van der Waals surface area contributed by atoms with E-state index in [9.17, 15) is 18.4 Å². The molecule has 7 nitrogen and oxygen atoms in total. The fraction of sp³-hybridized carbons (Fsp3) is 0.545. The number of alkyl halides is 2. The van der Waals surface area contributed by atoms with E-state index in [1.807, 2.05) is 0 Å². The minimum absolute atomic E-state index is 0.0192. The number of methoxy groups -OCH3 is 1. The fourth-order valence-electron chi connectivity index (χ4n) is 5.34. The first-order valence-corrected chi connectivity index (χ1v) is 10.7. The lowest BCUT2D eigenvalue weighted by Gasteiger charge is -2.29. The number of allylic oxidation sites excluding steroid dienone is 1. The van der Waals surface area contributed by atoms with Crippen molar-refractivity contribution < 1.29 is 17.9 Å². The second-order valence-electron chi connectivity index (χ2n) is 9.06. The van der Waals surface area contributed by atoms with Gasteiger partial charge in [-0.15, -0.1) is 0 Å². The van der Waals surface area contributed by atoms with Gasteiger partial charge in [-0.2, -0.15) is 0 Å². The number of aromatic amines is 1. The van der Waals surface area contributed by atoms with E-state index in [0.29, 0.717) is 17.6 Å². The van der Waals surface area contributed by atoms with E-state index >= 15 is 4.39 Å². The molecule has 1 aromatic heterocycles. The molecule has 3 unspecified atom stereocenters. The van der Waals surface area contributed by atoms with Crippen molar-refractivity contribution in [2.24, 2.45) is 17.6 Å². The third kappa shape index (κ3) is 2.99. The molecule has 1 saturated carbocycles. The maximum Gasteiger partial charge on any atom is 0.329 e. The number of hydrogen-bond acceptors (Lipinski definition) is 5. The SMILES string of the molecule is COc1c(F)c(N2CC3C=CCC(F)(F)C(N)C3C2)c(C)c2c1c(=O)[nH]c(=O)n2C1CC1. The molecule has 10 heteroatoms. The monoisotopic (exact) mass is 450 g/mol. The summed E-state index contributed by atoms with van der Waals surface area (Å²) in [6, 6.07) is -1.44. The van der Waals surface area contributed by atoms with Crippen molar-refractivity contribution in [3.8, 4) is 5.75 Å². The number of ether oxygens (including phenoxy) is 1. The lowest BCUT2D eigenvalue weighted by Crippen LogP contribution is -2.47. The summed E-state index contributed by atoms with van der Waals surface area (Å²) in [4.78, 5) is 29.2. The summed E-state index contributed by atoms with van der Waals surface area (Å²) in [6.45, 7) is 2.08. The maximum absolute atomic E-state index is 15.7. The Hall–Kier alpha value is -2.75. The molecule has 2 heterocycles. The number of benzene rings is 1. The molecule has 2 fully saturated rings. The number of halogens is 3. The van der Waals surface area contributed by atoms with E-state index in [0.717, 1.165) is 12.8 Å². The highest BCUT2D eigenvalue weighted by molar-refractivity contribution is 5.93. The molecular weight excluding hydrogens is 425 g/mol. The topological polar surface area (TPSA) is 93.3 Å². The van der Waals surface area contributed by atoms with Crippen LogP contribution in [0.4, 0.5) is 18.9 Å². The van der Waals surface area contributed by atoms with Crippen molar-refractivity contribution in [3.05, 3.63) is 44.4 Å². The minimum Gasteiger partial charge on any atom is -0.493 e. The third-order valence-corrected chi connectivity index (χ3v) is 7.06. The van der Waals surface area contributed by atoms with Gasteiger partial charge >= 0.3 is 5.69 Å². The van der Waals surface area contributed by atoms with Crippen molar-refractivity contribution in [1.29, 1.82) is 0 Å². The van der Waals surface area contributed by atoms with Crippen molar-refractivity contribution in [2.75, 3.05) is 25.1 Å². The summed E-state index contributed by atoms with van der Waals surface area (Å²) in [5.74, 6) is -4.86. The largest absolute Gasteiger partial charge is 0.493 e. The van der Waals surface area contributed by atoms with Gasteiger partial charge in [0.2, 0.25) is 0 Å². The van der Waals surface area contributed by atoms with E-state index in [4.69, 9.17) is 10.5 Å². The first-order chi connectivity index (χ1) is 15.2. The van der Waals surface area contributed by atoms with E-state index < -0.39 is 41.4 Å². The van der Waals surface area contributed by atoms with Crippen LogP contribution in [0.15, 0.2) is 21.7 Å². The molecule has 3 atom stereocenters. The van der Waals surface area contributed by atoms with Crippen molar-refractivity contribution in [1.82, 2.24) is 9.55 Å². The summed E-state index contributed by atoms with van der Waals surface area (Å²) < 4.78 is 51.3.